The van der Waals surface area contributed by atoms with E-state index in [1.54, 1.807) is 6.08 Å². The molecule has 17 heavy (non-hydrogen) atoms. The molecule has 0 spiro atoms. The Balaban J connectivity index is 2.28. The van der Waals surface area contributed by atoms with Crippen LogP contribution in [0.5, 0.6) is 0 Å². The van der Waals surface area contributed by atoms with Crippen LogP contribution in [0.3, 0.4) is 0 Å². The van der Waals surface area contributed by atoms with Gasteiger partial charge in [-0.05, 0) is 36.6 Å². The number of aryl methyl sites for hydroxylation is 2. The lowest BCUT2D eigenvalue weighted by molar-refractivity contribution is 1.35. The van der Waals surface area contributed by atoms with E-state index in [4.69, 9.17) is 5.73 Å². The Labute approximate surface area is 103 Å². The highest BCUT2D eigenvalue weighted by Crippen LogP contribution is 2.17. The maximum Gasteiger partial charge on any atom is 0.144 e. The molecule has 1 aliphatic carbocycles. The van der Waals surface area contributed by atoms with E-state index in [-0.39, 0.29) is 0 Å². The number of rotatable bonds is 2. The molecule has 2 rings (SSSR count). The van der Waals surface area contributed by atoms with Crippen molar-refractivity contribution in [2.75, 3.05) is 0 Å². The average molecular weight is 222 g/mol. The van der Waals surface area contributed by atoms with Crippen molar-refractivity contribution < 1.29 is 0 Å². The molecule has 0 saturated heterocycles. The smallest absolute Gasteiger partial charge is 0.144 e. The normalized spacial score (nSPS) is 14.5. The SMILES string of the molecule is Cc1cccc(C)c1/C=C\C1=CC(N)=C[C+]=C1. The first kappa shape index (κ1) is 11.4. The molecule has 0 aliphatic heterocycles. The van der Waals surface area contributed by atoms with Crippen LogP contribution in [0.25, 0.3) is 6.08 Å². The predicted molar refractivity (Wildman–Crippen MR) is 73.1 cm³/mol. The number of nitrogens with two attached hydrogens (primary N) is 1. The Morgan fingerprint density at radius 2 is 1.82 bits per heavy atom. The predicted octanol–water partition coefficient (Wildman–Crippen LogP) is 3.46. The molecule has 0 radical (unpaired) electrons. The summed E-state index contributed by atoms with van der Waals surface area (Å²) >= 11 is 0. The summed E-state index contributed by atoms with van der Waals surface area (Å²) in [6, 6.07) is 6.33. The quantitative estimate of drug-likeness (QED) is 0.762. The average Bonchev–Trinajstić information content (AvgIpc) is 2.28. The molecule has 0 aromatic heterocycles. The molecule has 0 atom stereocenters. The summed E-state index contributed by atoms with van der Waals surface area (Å²) in [7, 11) is 0. The van der Waals surface area contributed by atoms with Crippen LogP contribution in [0, 0.1) is 19.9 Å². The summed E-state index contributed by atoms with van der Waals surface area (Å²) in [5, 5.41) is 0. The van der Waals surface area contributed by atoms with Crippen LogP contribution in [0.4, 0.5) is 0 Å². The Hall–Kier alpha value is -2.11. The molecule has 0 saturated carbocycles. The third-order valence-electron chi connectivity index (χ3n) is 2.82. The van der Waals surface area contributed by atoms with E-state index in [1.165, 1.54) is 16.7 Å². The maximum absolute atomic E-state index is 5.72. The second kappa shape index (κ2) is 4.82. The van der Waals surface area contributed by atoms with Gasteiger partial charge in [-0.25, -0.2) is 0 Å². The van der Waals surface area contributed by atoms with Gasteiger partial charge in [0.25, 0.3) is 0 Å². The molecule has 0 heterocycles. The summed E-state index contributed by atoms with van der Waals surface area (Å²) in [5.74, 6) is 0. The van der Waals surface area contributed by atoms with E-state index in [1.807, 2.05) is 12.2 Å². The molecule has 0 amide bonds. The van der Waals surface area contributed by atoms with Crippen LogP contribution in [0.1, 0.15) is 16.7 Å². The van der Waals surface area contributed by atoms with Crippen molar-refractivity contribution in [2.24, 2.45) is 5.73 Å². The van der Waals surface area contributed by atoms with Gasteiger partial charge in [0.05, 0.1) is 11.6 Å². The van der Waals surface area contributed by atoms with Crippen molar-refractivity contribution in [1.29, 1.82) is 0 Å². The minimum atomic E-state index is 0.744. The second-order valence-corrected chi connectivity index (χ2v) is 4.24. The fourth-order valence-electron chi connectivity index (χ4n) is 1.88. The minimum Gasteiger partial charge on any atom is -0.347 e. The van der Waals surface area contributed by atoms with Crippen molar-refractivity contribution in [3.05, 3.63) is 76.5 Å². The van der Waals surface area contributed by atoms with Gasteiger partial charge >= 0.3 is 0 Å². The third kappa shape index (κ3) is 2.72. The van der Waals surface area contributed by atoms with Gasteiger partial charge in [-0.2, -0.15) is 0 Å². The van der Waals surface area contributed by atoms with Crippen molar-refractivity contribution in [3.8, 4) is 0 Å². The van der Waals surface area contributed by atoms with Gasteiger partial charge in [-0.3, -0.25) is 0 Å². The summed E-state index contributed by atoms with van der Waals surface area (Å²) in [5.41, 5.74) is 11.4. The summed E-state index contributed by atoms with van der Waals surface area (Å²) in [6.45, 7) is 4.25. The number of hydrogen-bond acceptors (Lipinski definition) is 1. The van der Waals surface area contributed by atoms with E-state index in [0.29, 0.717) is 0 Å². The molecule has 1 heteroatoms. The van der Waals surface area contributed by atoms with Gasteiger partial charge in [-0.1, -0.05) is 18.2 Å². The zero-order valence-corrected chi connectivity index (χ0v) is 10.2. The van der Waals surface area contributed by atoms with Crippen LogP contribution in [-0.4, -0.2) is 0 Å². The number of benzene rings is 1. The summed E-state index contributed by atoms with van der Waals surface area (Å²) in [4.78, 5) is 0. The van der Waals surface area contributed by atoms with Gasteiger partial charge in [0, 0.05) is 12.2 Å². The molecule has 1 aliphatic rings. The zero-order valence-electron chi connectivity index (χ0n) is 10.2. The fourth-order valence-corrected chi connectivity index (χ4v) is 1.88. The van der Waals surface area contributed by atoms with Gasteiger partial charge < -0.3 is 5.73 Å². The van der Waals surface area contributed by atoms with Crippen LogP contribution in [-0.2, 0) is 0 Å². The maximum atomic E-state index is 5.72. The Kier molecular flexibility index (Phi) is 3.22. The zero-order chi connectivity index (χ0) is 12.3. The van der Waals surface area contributed by atoms with E-state index in [9.17, 15) is 0 Å². The molecular weight excluding hydrogens is 206 g/mol. The largest absolute Gasteiger partial charge is 0.347 e. The molecule has 1 aromatic rings. The van der Waals surface area contributed by atoms with Gasteiger partial charge in [0.2, 0.25) is 0 Å². The first-order chi connectivity index (χ1) is 8.16. The van der Waals surface area contributed by atoms with Gasteiger partial charge in [0.1, 0.15) is 17.8 Å². The van der Waals surface area contributed by atoms with Crippen LogP contribution >= 0.6 is 0 Å². The standard InChI is InChI=1S/C16H16N/c1-12-5-3-6-13(2)16(12)10-9-14-7-4-8-15(17)11-14/h3,5-11H,17H2,1-2H3/q+1/b10-9-. The van der Waals surface area contributed by atoms with Crippen molar-refractivity contribution >= 4 is 6.08 Å². The van der Waals surface area contributed by atoms with Crippen molar-refractivity contribution in [3.63, 3.8) is 0 Å². The fraction of sp³-hybridized carbons (Fsp3) is 0.125. The Morgan fingerprint density at radius 1 is 1.12 bits per heavy atom. The monoisotopic (exact) mass is 222 g/mol. The molecule has 0 unspecified atom stereocenters. The van der Waals surface area contributed by atoms with Crippen LogP contribution < -0.4 is 5.73 Å². The van der Waals surface area contributed by atoms with Gasteiger partial charge in [-0.15, -0.1) is 0 Å². The second-order valence-electron chi connectivity index (χ2n) is 4.24. The molecule has 84 valence electrons. The lowest BCUT2D eigenvalue weighted by Crippen LogP contribution is -1.95. The minimum absolute atomic E-state index is 0.744. The van der Waals surface area contributed by atoms with Crippen molar-refractivity contribution in [1.82, 2.24) is 0 Å². The molecular formula is C16H16N+. The molecule has 0 fully saturated rings. The number of hydrogen-bond donors (Lipinski definition) is 1. The molecule has 0 bridgehead atoms. The molecule has 1 aromatic carbocycles. The van der Waals surface area contributed by atoms with E-state index in [0.717, 1.165) is 11.3 Å². The third-order valence-corrected chi connectivity index (χ3v) is 2.82. The van der Waals surface area contributed by atoms with E-state index >= 15 is 0 Å². The van der Waals surface area contributed by atoms with E-state index < -0.39 is 0 Å². The van der Waals surface area contributed by atoms with Crippen LogP contribution in [0.15, 0.2) is 53.8 Å². The lowest BCUT2D eigenvalue weighted by atomic mass is 10.0. The highest BCUT2D eigenvalue weighted by Gasteiger charge is 2.04. The van der Waals surface area contributed by atoms with Crippen LogP contribution in [0.2, 0.25) is 0 Å². The summed E-state index contributed by atoms with van der Waals surface area (Å²) < 4.78 is 0. The van der Waals surface area contributed by atoms with E-state index in [2.05, 4.69) is 50.3 Å². The van der Waals surface area contributed by atoms with Gasteiger partial charge in [0.15, 0.2) is 0 Å². The first-order valence-electron chi connectivity index (χ1n) is 5.68. The molecule has 2 N–H and O–H groups in total. The highest BCUT2D eigenvalue weighted by molar-refractivity contribution is 5.61. The lowest BCUT2D eigenvalue weighted by Gasteiger charge is -2.03. The topological polar surface area (TPSA) is 26.0 Å². The highest BCUT2D eigenvalue weighted by atomic mass is 14.6. The number of allylic oxidation sites excluding steroid dienone is 6. The molecule has 1 nitrogen and oxygen atoms in total. The Bertz CT molecular complexity index is 522. The first-order valence-corrected chi connectivity index (χ1v) is 5.68. The Morgan fingerprint density at radius 3 is 2.47 bits per heavy atom. The van der Waals surface area contributed by atoms with Crippen molar-refractivity contribution in [2.45, 2.75) is 13.8 Å². The summed E-state index contributed by atoms with van der Waals surface area (Å²) in [6.07, 6.45) is 12.9.